The van der Waals surface area contributed by atoms with E-state index in [0.29, 0.717) is 18.4 Å². The molecule has 1 amide bonds. The number of aliphatic hydroxyl groups is 1. The Morgan fingerprint density at radius 3 is 2.30 bits per heavy atom. The second kappa shape index (κ2) is 11.0. The highest BCUT2D eigenvalue weighted by Gasteiger charge is 2.85. The summed E-state index contributed by atoms with van der Waals surface area (Å²) in [6.07, 6.45) is 6.97. The maximum atomic E-state index is 12.9. The lowest BCUT2D eigenvalue weighted by atomic mass is 9.43. The molecule has 9 heteroatoms. The zero-order valence-corrected chi connectivity index (χ0v) is 29.9. The molecule has 262 valence electrons. The number of carbonyl (C=O) groups excluding carboxylic acids is 1. The number of rotatable bonds is 7. The summed E-state index contributed by atoms with van der Waals surface area (Å²) < 4.78 is 19.4. The van der Waals surface area contributed by atoms with E-state index in [1.165, 1.54) is 7.05 Å². The van der Waals surface area contributed by atoms with Gasteiger partial charge in [-0.05, 0) is 104 Å². The van der Waals surface area contributed by atoms with Crippen LogP contribution in [0, 0.1) is 50.7 Å². The number of carbonyl (C=O) groups is 2. The normalized spacial score (nSPS) is 47.7. The first-order valence-electron chi connectivity index (χ1n) is 18.2. The van der Waals surface area contributed by atoms with E-state index in [1.807, 2.05) is 0 Å². The van der Waals surface area contributed by atoms with Crippen LogP contribution in [-0.2, 0) is 19.0 Å². The number of amides is 1. The van der Waals surface area contributed by atoms with Crippen molar-refractivity contribution in [3.8, 4) is 0 Å². The van der Waals surface area contributed by atoms with E-state index in [9.17, 15) is 14.7 Å². The van der Waals surface area contributed by atoms with Crippen LogP contribution in [0.25, 0.3) is 0 Å². The number of nitrogens with zero attached hydrogens (tertiary/aromatic N) is 1. The summed E-state index contributed by atoms with van der Waals surface area (Å²) >= 11 is 0. The van der Waals surface area contributed by atoms with Gasteiger partial charge in [0.05, 0.1) is 30.0 Å². The van der Waals surface area contributed by atoms with Gasteiger partial charge in [0.25, 0.3) is 0 Å². The molecule has 2 spiro atoms. The standard InChI is InChI=1S/C37H62N2O7/c1-10-21-18-22(30(44-11-2)32(3,4)5)45-28-27(21)34(8)16-17-36-20-35(36)15-14-25(46-31(43)39(9)19-26(40)41)33(6,7)23(35)12-13-24(36)37(34,38)29(28)42/h21-25,27-30,42H,10-20,38H2,1-9H3,(H,40,41). The fourth-order valence-corrected chi connectivity index (χ4v) is 13.1. The van der Waals surface area contributed by atoms with Gasteiger partial charge in [0.2, 0.25) is 0 Å². The number of aliphatic hydroxyl groups excluding tert-OH is 1. The Kier molecular flexibility index (Phi) is 8.27. The van der Waals surface area contributed by atoms with Crippen molar-refractivity contribution in [2.45, 2.75) is 149 Å². The number of nitrogens with two attached hydrogens (primary N) is 1. The SMILES string of the molecule is CCOC(C1CC(CC)C2C(O1)C(O)C1(N)C3CCC4C(C)(C)C(OC(=O)N(C)CC(=O)O)CCC45CC35CCC21C)C(C)(C)C. The van der Waals surface area contributed by atoms with Crippen LogP contribution >= 0.6 is 0 Å². The Labute approximate surface area is 276 Å². The number of carboxylic acid groups (broad SMARTS) is 1. The maximum Gasteiger partial charge on any atom is 0.410 e. The van der Waals surface area contributed by atoms with E-state index in [4.69, 9.17) is 25.1 Å². The van der Waals surface area contributed by atoms with Gasteiger partial charge in [-0.1, -0.05) is 54.9 Å². The van der Waals surface area contributed by atoms with Crippen LogP contribution in [0.5, 0.6) is 0 Å². The van der Waals surface area contributed by atoms with Crippen molar-refractivity contribution in [2.24, 2.45) is 56.5 Å². The molecule has 0 radical (unpaired) electrons. The highest BCUT2D eigenvalue weighted by molar-refractivity contribution is 5.76. The molecule has 13 unspecified atom stereocenters. The molecule has 4 N–H and O–H groups in total. The number of carboxylic acids is 1. The summed E-state index contributed by atoms with van der Waals surface area (Å²) in [6, 6.07) is 0. The monoisotopic (exact) mass is 646 g/mol. The van der Waals surface area contributed by atoms with Crippen molar-refractivity contribution in [3.05, 3.63) is 0 Å². The number of likely N-dealkylation sites (N-methyl/N-ethyl adjacent to an activating group) is 1. The van der Waals surface area contributed by atoms with Crippen LogP contribution in [0.15, 0.2) is 0 Å². The molecule has 13 atom stereocenters. The molecule has 1 saturated heterocycles. The second-order valence-electron chi connectivity index (χ2n) is 18.3. The Morgan fingerprint density at radius 1 is 1.04 bits per heavy atom. The highest BCUT2D eigenvalue weighted by Crippen LogP contribution is 2.87. The van der Waals surface area contributed by atoms with Crippen molar-refractivity contribution < 1.29 is 34.0 Å². The van der Waals surface area contributed by atoms with Crippen LogP contribution in [-0.4, -0.2) is 83.4 Å². The first-order chi connectivity index (χ1) is 21.4. The summed E-state index contributed by atoms with van der Waals surface area (Å²) in [4.78, 5) is 25.2. The minimum atomic E-state index is -1.05. The van der Waals surface area contributed by atoms with E-state index in [2.05, 4.69) is 55.4 Å². The van der Waals surface area contributed by atoms with Gasteiger partial charge in [-0.25, -0.2) is 4.79 Å². The fourth-order valence-electron chi connectivity index (χ4n) is 13.1. The second-order valence-corrected chi connectivity index (χ2v) is 18.3. The summed E-state index contributed by atoms with van der Waals surface area (Å²) in [5.41, 5.74) is 6.77. The Hall–Kier alpha value is -1.42. The van der Waals surface area contributed by atoms with Gasteiger partial charge in [0.1, 0.15) is 12.6 Å². The average Bonchev–Trinajstić information content (AvgIpc) is 3.60. The van der Waals surface area contributed by atoms with Crippen molar-refractivity contribution in [1.82, 2.24) is 4.90 Å². The molecular formula is C37H62N2O7. The number of aliphatic carboxylic acids is 1. The van der Waals surface area contributed by atoms with Crippen molar-refractivity contribution in [3.63, 3.8) is 0 Å². The number of fused-ring (bicyclic) bond motifs is 4. The van der Waals surface area contributed by atoms with Gasteiger partial charge >= 0.3 is 12.1 Å². The van der Waals surface area contributed by atoms with Gasteiger partial charge in [0.15, 0.2) is 0 Å². The molecule has 6 rings (SSSR count). The lowest BCUT2D eigenvalue weighted by Crippen LogP contribution is -2.70. The summed E-state index contributed by atoms with van der Waals surface area (Å²) in [5, 5.41) is 21.7. The van der Waals surface area contributed by atoms with E-state index >= 15 is 0 Å². The van der Waals surface area contributed by atoms with E-state index in [-0.39, 0.29) is 69.9 Å². The van der Waals surface area contributed by atoms with Gasteiger partial charge in [-0.2, -0.15) is 0 Å². The van der Waals surface area contributed by atoms with Crippen molar-refractivity contribution >= 4 is 12.1 Å². The third kappa shape index (κ3) is 4.52. The van der Waals surface area contributed by atoms with Gasteiger partial charge in [-0.3, -0.25) is 4.79 Å². The third-order valence-electron chi connectivity index (χ3n) is 15.1. The Balaban J connectivity index is 1.27. The number of hydrogen-bond donors (Lipinski definition) is 3. The largest absolute Gasteiger partial charge is 0.480 e. The highest BCUT2D eigenvalue weighted by atomic mass is 16.6. The van der Waals surface area contributed by atoms with E-state index < -0.39 is 23.7 Å². The lowest BCUT2D eigenvalue weighted by molar-refractivity contribution is -0.201. The molecule has 0 bridgehead atoms. The summed E-state index contributed by atoms with van der Waals surface area (Å²) in [7, 11) is 1.48. The van der Waals surface area contributed by atoms with E-state index in [0.717, 1.165) is 62.7 Å². The Bertz CT molecular complexity index is 1220. The number of hydrogen-bond acceptors (Lipinski definition) is 7. The summed E-state index contributed by atoms with van der Waals surface area (Å²) in [5.74, 6) is 0.181. The van der Waals surface area contributed by atoms with Crippen LogP contribution in [0.2, 0.25) is 0 Å². The molecule has 5 aliphatic carbocycles. The molecule has 46 heavy (non-hydrogen) atoms. The molecule has 1 heterocycles. The van der Waals surface area contributed by atoms with Crippen molar-refractivity contribution in [2.75, 3.05) is 20.2 Å². The Morgan fingerprint density at radius 2 is 1.70 bits per heavy atom. The minimum absolute atomic E-state index is 0.0484. The molecule has 6 aliphatic rings. The van der Waals surface area contributed by atoms with Crippen LogP contribution in [0.3, 0.4) is 0 Å². The van der Waals surface area contributed by atoms with Gasteiger partial charge in [0, 0.05) is 19.1 Å². The molecular weight excluding hydrogens is 584 g/mol. The lowest BCUT2D eigenvalue weighted by Gasteiger charge is -2.63. The van der Waals surface area contributed by atoms with Gasteiger partial charge in [-0.15, -0.1) is 0 Å². The fraction of sp³-hybridized carbons (Fsp3) is 0.946. The minimum Gasteiger partial charge on any atom is -0.480 e. The third-order valence-corrected chi connectivity index (χ3v) is 15.1. The van der Waals surface area contributed by atoms with Crippen LogP contribution in [0.4, 0.5) is 4.79 Å². The maximum absolute atomic E-state index is 12.9. The first kappa shape index (κ1) is 34.4. The van der Waals surface area contributed by atoms with E-state index in [1.54, 1.807) is 0 Å². The molecule has 0 aromatic rings. The quantitative estimate of drug-likeness (QED) is 0.314. The molecule has 5 saturated carbocycles. The van der Waals surface area contributed by atoms with Crippen LogP contribution < -0.4 is 5.73 Å². The zero-order chi connectivity index (χ0) is 33.8. The topological polar surface area (TPSA) is 132 Å². The molecule has 1 aliphatic heterocycles. The smallest absolute Gasteiger partial charge is 0.410 e. The molecule has 0 aromatic carbocycles. The van der Waals surface area contributed by atoms with Crippen molar-refractivity contribution in [1.29, 1.82) is 0 Å². The van der Waals surface area contributed by atoms with Crippen LogP contribution in [0.1, 0.15) is 113 Å². The molecule has 9 nitrogen and oxygen atoms in total. The summed E-state index contributed by atoms with van der Waals surface area (Å²) in [6.45, 7) is 18.1. The first-order valence-corrected chi connectivity index (χ1v) is 18.2. The molecule has 6 fully saturated rings. The molecule has 0 aromatic heterocycles. The predicted molar refractivity (Wildman–Crippen MR) is 175 cm³/mol. The number of ether oxygens (including phenoxy) is 3. The predicted octanol–water partition coefficient (Wildman–Crippen LogP) is 5.85. The zero-order valence-electron chi connectivity index (χ0n) is 29.9. The van der Waals surface area contributed by atoms with Gasteiger partial charge < -0.3 is 35.1 Å². The average molecular weight is 647 g/mol.